The number of hydrogen-bond donors (Lipinski definition) is 1. The molecule has 0 amide bonds. The van der Waals surface area contributed by atoms with E-state index in [1.54, 1.807) is 0 Å². The van der Waals surface area contributed by atoms with E-state index < -0.39 is 0 Å². The molecule has 1 N–H and O–H groups in total. The highest BCUT2D eigenvalue weighted by atomic mass is 15.4. The highest BCUT2D eigenvalue weighted by Gasteiger charge is 2.41. The standard InChI is InChI=1S/C33H28N6/c1-21-18-19-22(2)27(20-21)35-31-33-36-32-29(23(3)37-39(32)25-14-8-5-9-15-25)30(24-12-6-4-7-13-24)38(33)28-17-11-10-16-26(28)34-31/h4-20,30H,1-3H3,(H,34,35)/t30-/m0/s1. The first-order valence-electron chi connectivity index (χ1n) is 13.2. The van der Waals surface area contributed by atoms with E-state index in [2.05, 4.69) is 110 Å². The number of amidine groups is 2. The van der Waals surface area contributed by atoms with E-state index in [9.17, 15) is 0 Å². The summed E-state index contributed by atoms with van der Waals surface area (Å²) in [5.74, 6) is 2.31. The molecule has 2 aliphatic rings. The van der Waals surface area contributed by atoms with Crippen molar-refractivity contribution in [2.75, 3.05) is 10.2 Å². The maximum atomic E-state index is 5.32. The molecule has 2 aliphatic heterocycles. The molecule has 0 saturated carbocycles. The molecule has 1 aromatic heterocycles. The minimum Gasteiger partial charge on any atom is -0.337 e. The summed E-state index contributed by atoms with van der Waals surface area (Å²) in [6.07, 6.45) is 0. The largest absolute Gasteiger partial charge is 0.337 e. The summed E-state index contributed by atoms with van der Waals surface area (Å²) in [5.41, 5.74) is 9.47. The van der Waals surface area contributed by atoms with E-state index in [0.717, 1.165) is 51.2 Å². The summed E-state index contributed by atoms with van der Waals surface area (Å²) in [5, 5.41) is 8.66. The van der Waals surface area contributed by atoms with Crippen LogP contribution in [0.4, 0.5) is 22.9 Å². The van der Waals surface area contributed by atoms with E-state index in [0.29, 0.717) is 5.84 Å². The Labute approximate surface area is 228 Å². The van der Waals surface area contributed by atoms with Crippen molar-refractivity contribution in [3.05, 3.63) is 131 Å². The first-order chi connectivity index (χ1) is 19.1. The molecule has 6 nitrogen and oxygen atoms in total. The Bertz CT molecular complexity index is 1770. The lowest BCUT2D eigenvalue weighted by atomic mass is 9.93. The lowest BCUT2D eigenvalue weighted by molar-refractivity contribution is 0.815. The third-order valence-electron chi connectivity index (χ3n) is 7.40. The van der Waals surface area contributed by atoms with Crippen molar-refractivity contribution in [1.82, 2.24) is 9.78 Å². The smallest absolute Gasteiger partial charge is 0.179 e. The maximum absolute atomic E-state index is 5.32. The number of aryl methyl sites for hydroxylation is 3. The number of aromatic nitrogens is 2. The topological polar surface area (TPSA) is 57.8 Å². The summed E-state index contributed by atoms with van der Waals surface area (Å²) < 4.78 is 1.96. The maximum Gasteiger partial charge on any atom is 0.179 e. The van der Waals surface area contributed by atoms with Crippen molar-refractivity contribution in [2.24, 2.45) is 9.98 Å². The molecule has 5 aromatic rings. The molecule has 190 valence electrons. The zero-order valence-corrected chi connectivity index (χ0v) is 22.1. The normalized spacial score (nSPS) is 15.6. The van der Waals surface area contributed by atoms with Gasteiger partial charge in [-0.3, -0.25) is 0 Å². The molecule has 0 saturated heterocycles. The molecule has 0 aliphatic carbocycles. The predicted molar refractivity (Wildman–Crippen MR) is 159 cm³/mol. The van der Waals surface area contributed by atoms with Crippen LogP contribution in [0, 0.1) is 20.8 Å². The molecule has 0 unspecified atom stereocenters. The van der Waals surface area contributed by atoms with Gasteiger partial charge in [0.05, 0.1) is 28.8 Å². The Morgan fingerprint density at radius 2 is 1.46 bits per heavy atom. The van der Waals surface area contributed by atoms with Gasteiger partial charge in [0.15, 0.2) is 17.5 Å². The van der Waals surface area contributed by atoms with Crippen molar-refractivity contribution in [2.45, 2.75) is 26.8 Å². The SMILES string of the molecule is Cc1ccc(C)c(NC2=Nc3ccccc3N3C2=Nc2c(c(C)nn2-c2ccccc2)[C@@H]3c2ccccc2)c1. The first kappa shape index (κ1) is 23.2. The van der Waals surface area contributed by atoms with Crippen molar-refractivity contribution < 1.29 is 0 Å². The van der Waals surface area contributed by atoms with Crippen LogP contribution >= 0.6 is 0 Å². The van der Waals surface area contributed by atoms with Crippen LogP contribution in [0.2, 0.25) is 0 Å². The molecular weight excluding hydrogens is 480 g/mol. The lowest BCUT2D eigenvalue weighted by Crippen LogP contribution is -2.46. The first-order valence-corrected chi connectivity index (χ1v) is 13.2. The Kier molecular flexibility index (Phi) is 5.40. The van der Waals surface area contributed by atoms with Gasteiger partial charge in [-0.05, 0) is 67.8 Å². The minimum absolute atomic E-state index is 0.127. The van der Waals surface area contributed by atoms with Gasteiger partial charge in [-0.2, -0.15) is 5.10 Å². The molecule has 0 radical (unpaired) electrons. The van der Waals surface area contributed by atoms with Gasteiger partial charge >= 0.3 is 0 Å². The van der Waals surface area contributed by atoms with Crippen molar-refractivity contribution >= 4 is 34.6 Å². The van der Waals surface area contributed by atoms with Crippen LogP contribution in [-0.2, 0) is 0 Å². The van der Waals surface area contributed by atoms with Gasteiger partial charge in [0.1, 0.15) is 0 Å². The van der Waals surface area contributed by atoms with Crippen LogP contribution in [0.3, 0.4) is 0 Å². The van der Waals surface area contributed by atoms with Gasteiger partial charge in [-0.1, -0.05) is 72.8 Å². The number of fused-ring (bicyclic) bond motifs is 4. The summed E-state index contributed by atoms with van der Waals surface area (Å²) >= 11 is 0. The van der Waals surface area contributed by atoms with E-state index in [1.165, 1.54) is 11.1 Å². The Morgan fingerprint density at radius 3 is 2.26 bits per heavy atom. The molecule has 4 aromatic carbocycles. The minimum atomic E-state index is -0.127. The molecule has 39 heavy (non-hydrogen) atoms. The number of nitrogens with zero attached hydrogens (tertiary/aromatic N) is 5. The van der Waals surface area contributed by atoms with E-state index in [1.807, 2.05) is 28.9 Å². The van der Waals surface area contributed by atoms with Crippen LogP contribution in [0.25, 0.3) is 5.69 Å². The predicted octanol–water partition coefficient (Wildman–Crippen LogP) is 7.59. The van der Waals surface area contributed by atoms with E-state index >= 15 is 0 Å². The fourth-order valence-electron chi connectivity index (χ4n) is 5.50. The number of hydrogen-bond acceptors (Lipinski definition) is 5. The quantitative estimate of drug-likeness (QED) is 0.273. The fourth-order valence-corrected chi connectivity index (χ4v) is 5.50. The fraction of sp³-hybridized carbons (Fsp3) is 0.121. The van der Waals surface area contributed by atoms with Gasteiger partial charge in [0.2, 0.25) is 0 Å². The van der Waals surface area contributed by atoms with Gasteiger partial charge in [-0.15, -0.1) is 0 Å². The highest BCUT2D eigenvalue weighted by Crippen LogP contribution is 2.48. The Hall–Kier alpha value is -4.97. The van der Waals surface area contributed by atoms with Crippen molar-refractivity contribution in [3.63, 3.8) is 0 Å². The summed E-state index contributed by atoms with van der Waals surface area (Å²) in [6, 6.07) is 35.4. The molecule has 3 heterocycles. The molecule has 0 bridgehead atoms. The highest BCUT2D eigenvalue weighted by molar-refractivity contribution is 6.51. The van der Waals surface area contributed by atoms with Gasteiger partial charge in [0, 0.05) is 11.3 Å². The zero-order chi connectivity index (χ0) is 26.5. The number of benzene rings is 4. The zero-order valence-electron chi connectivity index (χ0n) is 22.1. The number of nitrogens with one attached hydrogen (secondary N) is 1. The molecule has 7 rings (SSSR count). The van der Waals surface area contributed by atoms with Crippen molar-refractivity contribution in [1.29, 1.82) is 0 Å². The lowest BCUT2D eigenvalue weighted by Gasteiger charge is -2.40. The van der Waals surface area contributed by atoms with Crippen LogP contribution in [0.5, 0.6) is 0 Å². The van der Waals surface area contributed by atoms with E-state index in [-0.39, 0.29) is 6.04 Å². The number of para-hydroxylation sites is 3. The second-order valence-electron chi connectivity index (χ2n) is 10.1. The second kappa shape index (κ2) is 9.10. The summed E-state index contributed by atoms with van der Waals surface area (Å²) in [6.45, 7) is 6.29. The molecule has 6 heteroatoms. The van der Waals surface area contributed by atoms with Crippen LogP contribution in [-0.4, -0.2) is 21.5 Å². The third kappa shape index (κ3) is 3.84. The molecule has 0 spiro atoms. The molecular formula is C33H28N6. The van der Waals surface area contributed by atoms with E-state index in [4.69, 9.17) is 15.1 Å². The number of anilines is 2. The average Bonchev–Trinajstić information content (AvgIpc) is 3.30. The van der Waals surface area contributed by atoms with Crippen molar-refractivity contribution in [3.8, 4) is 5.69 Å². The molecule has 1 atom stereocenters. The second-order valence-corrected chi connectivity index (χ2v) is 10.1. The van der Waals surface area contributed by atoms with Crippen LogP contribution in [0.1, 0.15) is 34.0 Å². The van der Waals surface area contributed by atoms with Gasteiger partial charge in [0.25, 0.3) is 0 Å². The third-order valence-corrected chi connectivity index (χ3v) is 7.40. The Balaban J connectivity index is 1.50. The van der Waals surface area contributed by atoms with Crippen LogP contribution < -0.4 is 10.2 Å². The van der Waals surface area contributed by atoms with Gasteiger partial charge in [-0.25, -0.2) is 14.7 Å². The van der Waals surface area contributed by atoms with Crippen LogP contribution in [0.15, 0.2) is 113 Å². The Morgan fingerprint density at radius 1 is 0.744 bits per heavy atom. The summed E-state index contributed by atoms with van der Waals surface area (Å²) in [7, 11) is 0. The number of aliphatic imine (C=N–C) groups is 2. The van der Waals surface area contributed by atoms with Gasteiger partial charge < -0.3 is 10.2 Å². The monoisotopic (exact) mass is 508 g/mol. The molecule has 0 fully saturated rings. The number of rotatable bonds is 3. The summed E-state index contributed by atoms with van der Waals surface area (Å²) in [4.78, 5) is 12.7. The average molecular weight is 509 g/mol.